The molecule has 0 aromatic heterocycles. The number of fused-ring (bicyclic) bond motifs is 1. The fraction of sp³-hybridized carbons (Fsp3) is 0.214. The van der Waals surface area contributed by atoms with E-state index in [-0.39, 0.29) is 133 Å². The van der Waals surface area contributed by atoms with Crippen molar-refractivity contribution < 1.29 is 151 Å². The molecule has 2 amide bonds. The van der Waals surface area contributed by atoms with E-state index in [1.807, 2.05) is 0 Å². The van der Waals surface area contributed by atoms with E-state index in [1.54, 1.807) is 48.5 Å². The largest absolute Gasteiger partial charge is 1.00 e. The second kappa shape index (κ2) is 17.7. The number of carboxylic acid groups (broad SMARTS) is 3. The number of benzene rings is 3. The minimum Gasteiger partial charge on any atom is -0.652 e. The predicted octanol–water partition coefficient (Wildman–Crippen LogP) is -4.13. The summed E-state index contributed by atoms with van der Waals surface area (Å²) in [7, 11) is 0. The van der Waals surface area contributed by atoms with Gasteiger partial charge in [-0.05, 0) is 66.4 Å². The van der Waals surface area contributed by atoms with E-state index in [0.29, 0.717) is 17.5 Å². The summed E-state index contributed by atoms with van der Waals surface area (Å²) < 4.78 is 26.9. The summed E-state index contributed by atoms with van der Waals surface area (Å²) in [5, 5.41) is 36.8. The average molecular weight is 618 g/mol. The van der Waals surface area contributed by atoms with Crippen LogP contribution in [-0.4, -0.2) is 51.7 Å². The zero-order valence-corrected chi connectivity index (χ0v) is 28.6. The summed E-state index contributed by atoms with van der Waals surface area (Å²) in [6.45, 7) is -0.112. The molecule has 0 saturated carbocycles. The van der Waals surface area contributed by atoms with Gasteiger partial charge in [0.15, 0.2) is 0 Å². The normalized spacial score (nSPS) is 13.1. The van der Waals surface area contributed by atoms with Crippen LogP contribution >= 0.6 is 0 Å². The van der Waals surface area contributed by atoms with E-state index in [0.717, 1.165) is 16.5 Å². The van der Waals surface area contributed by atoms with E-state index < -0.39 is 47.6 Å². The van der Waals surface area contributed by atoms with E-state index >= 15 is 0 Å². The van der Waals surface area contributed by atoms with Crippen molar-refractivity contribution >= 4 is 23.9 Å². The van der Waals surface area contributed by atoms with Crippen LogP contribution in [-0.2, 0) is 11.2 Å². The van der Waals surface area contributed by atoms with E-state index in [9.17, 15) is 33.4 Å². The maximum Gasteiger partial charge on any atom is 1.00 e. The number of carboxylic acids is 1. The molecule has 1 aliphatic rings. The molecule has 0 fully saturated rings. The minimum atomic E-state index is -2.33. The first-order valence-electron chi connectivity index (χ1n) is 11.8. The van der Waals surface area contributed by atoms with Crippen LogP contribution in [0.2, 0.25) is 0 Å². The molecule has 3 aromatic carbocycles. The van der Waals surface area contributed by atoms with Crippen LogP contribution in [0.3, 0.4) is 0 Å². The fourth-order valence-electron chi connectivity index (χ4n) is 4.29. The van der Waals surface area contributed by atoms with Gasteiger partial charge in [0.2, 0.25) is 0 Å². The van der Waals surface area contributed by atoms with Crippen LogP contribution in [0.5, 0.6) is 0 Å². The number of carbonyl (C=O) groups excluding carboxylic acids is 3. The number of hydrogen-bond acceptors (Lipinski definition) is 7. The first-order chi connectivity index (χ1) is 18.5. The van der Waals surface area contributed by atoms with E-state index in [2.05, 4.69) is 0 Å². The zero-order chi connectivity index (χ0) is 28.7. The van der Waals surface area contributed by atoms with Gasteiger partial charge in [0.25, 0.3) is 11.8 Å². The molecule has 204 valence electrons. The van der Waals surface area contributed by atoms with Crippen molar-refractivity contribution in [3.05, 3.63) is 95.1 Å². The van der Waals surface area contributed by atoms with Gasteiger partial charge in [-0.1, -0.05) is 36.4 Å². The zero-order valence-electron chi connectivity index (χ0n) is 22.4. The number of aliphatic hydroxyl groups is 1. The molecule has 41 heavy (non-hydrogen) atoms. The number of halogens is 2. The summed E-state index contributed by atoms with van der Waals surface area (Å²) in [5.41, 5.74) is 2.41. The first kappa shape index (κ1) is 37.7. The van der Waals surface area contributed by atoms with Gasteiger partial charge < -0.3 is 25.2 Å². The molecule has 1 aliphatic heterocycles. The van der Waals surface area contributed by atoms with Crippen molar-refractivity contribution in [1.82, 2.24) is 4.90 Å². The number of carbonyl (C=O) groups is 4. The monoisotopic (exact) mass is 617 g/mol. The summed E-state index contributed by atoms with van der Waals surface area (Å²) in [6, 6.07) is 16.6. The number of imide groups is 1. The van der Waals surface area contributed by atoms with Gasteiger partial charge in [-0.25, -0.2) is 8.78 Å². The number of aryl methyl sites for hydroxylation is 1. The number of aliphatic carboxylic acids is 1. The Morgan fingerprint density at radius 3 is 1.76 bits per heavy atom. The predicted molar refractivity (Wildman–Crippen MR) is 129 cm³/mol. The van der Waals surface area contributed by atoms with Gasteiger partial charge in [-0.15, -0.1) is 0 Å². The third-order valence-corrected chi connectivity index (χ3v) is 6.20. The molecular weight excluding hydrogens is 594 g/mol. The summed E-state index contributed by atoms with van der Waals surface area (Å²) in [5.74, 6) is -4.65. The van der Waals surface area contributed by atoms with Crippen LogP contribution in [0.15, 0.2) is 66.7 Å². The van der Waals surface area contributed by atoms with Gasteiger partial charge in [0.1, 0.15) is 11.6 Å². The number of nitrogens with zero attached hydrogens (tertiary/aromatic N) is 1. The molecule has 2 atom stereocenters. The quantitative estimate of drug-likeness (QED) is 0.181. The Hall–Kier alpha value is -1.37. The fourth-order valence-corrected chi connectivity index (χ4v) is 4.29. The summed E-state index contributed by atoms with van der Waals surface area (Å²) in [4.78, 5) is 46.1. The van der Waals surface area contributed by atoms with Gasteiger partial charge in [-0.2, -0.15) is 0 Å². The smallest absolute Gasteiger partial charge is 0.652 e. The molecule has 4 rings (SSSR count). The van der Waals surface area contributed by atoms with Gasteiger partial charge in [-0.3, -0.25) is 19.3 Å². The van der Waals surface area contributed by atoms with E-state index in [1.165, 1.54) is 12.1 Å². The third-order valence-electron chi connectivity index (χ3n) is 6.20. The molecule has 0 radical (unpaired) electrons. The Balaban J connectivity index is 0.00000131. The number of aliphatic hydroxyl groups excluding tert-OH is 1. The van der Waals surface area contributed by atoms with Crippen LogP contribution in [0.1, 0.15) is 39.1 Å². The van der Waals surface area contributed by atoms with Gasteiger partial charge in [0, 0.05) is 12.6 Å². The second-order valence-electron chi connectivity index (χ2n) is 8.75. The Morgan fingerprint density at radius 2 is 1.29 bits per heavy atom. The van der Waals surface area contributed by atoms with Crippen LogP contribution in [0, 0.1) is 17.6 Å². The maximum absolute atomic E-state index is 13.5. The molecule has 0 unspecified atom stereocenters. The molecule has 0 aliphatic carbocycles. The first-order valence-corrected chi connectivity index (χ1v) is 11.8. The van der Waals surface area contributed by atoms with Crippen molar-refractivity contribution in [1.29, 1.82) is 0 Å². The molecule has 9 nitrogen and oxygen atoms in total. The van der Waals surface area contributed by atoms with Crippen molar-refractivity contribution in [3.8, 4) is 11.1 Å². The van der Waals surface area contributed by atoms with Gasteiger partial charge in [0.05, 0.1) is 23.1 Å². The number of rotatable bonds is 9. The molecule has 13 heteroatoms. The summed E-state index contributed by atoms with van der Waals surface area (Å²) >= 11 is 0. The van der Waals surface area contributed by atoms with Crippen molar-refractivity contribution in [2.24, 2.45) is 5.92 Å². The molecular formula is C28H23F2K2NO8. The van der Waals surface area contributed by atoms with Crippen molar-refractivity contribution in [3.63, 3.8) is 0 Å². The molecule has 2 N–H and O–H groups in total. The Labute approximate surface area is 319 Å². The van der Waals surface area contributed by atoms with Crippen LogP contribution in [0.25, 0.3) is 11.1 Å². The van der Waals surface area contributed by atoms with Crippen molar-refractivity contribution in [2.75, 3.05) is 6.54 Å². The summed E-state index contributed by atoms with van der Waals surface area (Å²) in [6.07, 6.45) is -3.09. The topological polar surface area (TPSA) is 158 Å². The average Bonchev–Trinajstić information content (AvgIpc) is 3.12. The Morgan fingerprint density at radius 1 is 0.805 bits per heavy atom. The molecule has 1 heterocycles. The van der Waals surface area contributed by atoms with Gasteiger partial charge >= 0.3 is 109 Å². The van der Waals surface area contributed by atoms with Crippen LogP contribution < -0.4 is 113 Å². The Bertz CT molecular complexity index is 1330. The van der Waals surface area contributed by atoms with E-state index in [4.69, 9.17) is 15.0 Å². The maximum atomic E-state index is 13.5. The third kappa shape index (κ3) is 10.7. The molecule has 3 aromatic rings. The SMILES string of the molecule is O=C(O)[C@@H](CCN1C(=O)c2ccccc2C1=O)[C@H](O)CCc1ccc(-c2cc(F)cc(F)c2)cc1.O=C([O-])[O-].[K+].[K+]. The molecule has 0 saturated heterocycles. The molecule has 0 spiro atoms. The second-order valence-corrected chi connectivity index (χ2v) is 8.75. The standard InChI is InChI=1S/C27H23F2NO5.CH2O3.2K/c28-19-13-18(14-20(29)15-19)17-8-5-16(6-9-17)7-10-24(31)23(27(34)35)11-12-30-25(32)21-3-1-2-4-22(21)26(30)33;2-1(3)4;;/h1-6,8-9,13-15,23-24,31H,7,10-12H2,(H,34,35);(H2,2,3,4);;/q;;2*+1/p-2/t23-,24+;;;/m0.../s1. The Kier molecular flexibility index (Phi) is 16.2. The van der Waals surface area contributed by atoms with Crippen LogP contribution in [0.4, 0.5) is 13.6 Å². The number of hydrogen-bond donors (Lipinski definition) is 2. The molecule has 0 bridgehead atoms. The minimum absolute atomic E-state index is 0. The van der Waals surface area contributed by atoms with Crippen molar-refractivity contribution in [2.45, 2.75) is 25.4 Å². The number of amides is 2.